The zero-order valence-electron chi connectivity index (χ0n) is 9.43. The smallest absolute Gasteiger partial charge is 0.329 e. The third kappa shape index (κ3) is 2.39. The first-order valence-electron chi connectivity index (χ1n) is 4.75. The summed E-state index contributed by atoms with van der Waals surface area (Å²) in [5.74, 6) is -1.37. The van der Waals surface area contributed by atoms with Crippen LogP contribution in [0.5, 0.6) is 0 Å². The van der Waals surface area contributed by atoms with Crippen LogP contribution in [0.15, 0.2) is 16.9 Å². The maximum Gasteiger partial charge on any atom is 0.329 e. The molecule has 6 nitrogen and oxygen atoms in total. The molecule has 0 saturated heterocycles. The number of amides is 1. The van der Waals surface area contributed by atoms with Gasteiger partial charge in [-0.05, 0) is 13.8 Å². The van der Waals surface area contributed by atoms with Gasteiger partial charge in [-0.2, -0.15) is 0 Å². The second kappa shape index (κ2) is 4.34. The Kier molecular flexibility index (Phi) is 3.31. The van der Waals surface area contributed by atoms with Crippen LogP contribution in [-0.2, 0) is 16.0 Å². The Hall–Kier alpha value is -1.85. The SMILES string of the molecule is CN(C(=O)Cc1ccon1)C(C)(C)C(=O)O. The molecule has 1 aromatic rings. The van der Waals surface area contributed by atoms with Crippen LogP contribution in [0, 0.1) is 0 Å². The van der Waals surface area contributed by atoms with Gasteiger partial charge in [0.2, 0.25) is 5.91 Å². The Morgan fingerprint density at radius 3 is 2.62 bits per heavy atom. The Morgan fingerprint density at radius 1 is 1.56 bits per heavy atom. The fraction of sp³-hybridized carbons (Fsp3) is 0.500. The molecule has 1 heterocycles. The highest BCUT2D eigenvalue weighted by atomic mass is 16.5. The van der Waals surface area contributed by atoms with Crippen molar-refractivity contribution >= 4 is 11.9 Å². The van der Waals surface area contributed by atoms with Crippen LogP contribution in [0.25, 0.3) is 0 Å². The van der Waals surface area contributed by atoms with E-state index in [-0.39, 0.29) is 12.3 Å². The van der Waals surface area contributed by atoms with Crippen molar-refractivity contribution in [2.75, 3.05) is 7.05 Å². The molecule has 0 atom stereocenters. The molecule has 0 fully saturated rings. The van der Waals surface area contributed by atoms with Crippen molar-refractivity contribution in [1.29, 1.82) is 0 Å². The first kappa shape index (κ1) is 12.2. The number of rotatable bonds is 4. The van der Waals surface area contributed by atoms with Crippen LogP contribution < -0.4 is 0 Å². The van der Waals surface area contributed by atoms with Crippen LogP contribution in [-0.4, -0.2) is 39.6 Å². The van der Waals surface area contributed by atoms with Crippen LogP contribution in [0.1, 0.15) is 19.5 Å². The van der Waals surface area contributed by atoms with Gasteiger partial charge in [-0.25, -0.2) is 4.79 Å². The van der Waals surface area contributed by atoms with Gasteiger partial charge in [0.15, 0.2) is 0 Å². The van der Waals surface area contributed by atoms with Gasteiger partial charge in [-0.1, -0.05) is 5.16 Å². The van der Waals surface area contributed by atoms with E-state index in [1.165, 1.54) is 32.1 Å². The van der Waals surface area contributed by atoms with Gasteiger partial charge in [0.25, 0.3) is 0 Å². The molecule has 88 valence electrons. The number of carboxylic acid groups (broad SMARTS) is 1. The van der Waals surface area contributed by atoms with Gasteiger partial charge in [0, 0.05) is 13.1 Å². The normalized spacial score (nSPS) is 11.2. The third-order valence-electron chi connectivity index (χ3n) is 2.56. The minimum Gasteiger partial charge on any atom is -0.480 e. The molecular weight excluding hydrogens is 212 g/mol. The molecular formula is C10H14N2O4. The van der Waals surface area contributed by atoms with Crippen molar-refractivity contribution in [2.45, 2.75) is 25.8 Å². The summed E-state index contributed by atoms with van der Waals surface area (Å²) < 4.78 is 4.59. The quantitative estimate of drug-likeness (QED) is 0.810. The van der Waals surface area contributed by atoms with Gasteiger partial charge in [0.05, 0.1) is 12.1 Å². The summed E-state index contributed by atoms with van der Waals surface area (Å²) in [4.78, 5) is 23.9. The molecule has 0 spiro atoms. The van der Waals surface area contributed by atoms with E-state index in [1.807, 2.05) is 0 Å². The van der Waals surface area contributed by atoms with E-state index in [9.17, 15) is 9.59 Å². The first-order chi connectivity index (χ1) is 7.35. The molecule has 0 saturated carbocycles. The number of aliphatic carboxylic acids is 1. The van der Waals surface area contributed by atoms with Crippen molar-refractivity contribution in [2.24, 2.45) is 0 Å². The Morgan fingerprint density at radius 2 is 2.19 bits per heavy atom. The van der Waals surface area contributed by atoms with E-state index in [0.717, 1.165) is 0 Å². The maximum absolute atomic E-state index is 11.7. The van der Waals surface area contributed by atoms with Gasteiger partial charge < -0.3 is 14.5 Å². The van der Waals surface area contributed by atoms with Crippen LogP contribution in [0.4, 0.5) is 0 Å². The lowest BCUT2D eigenvalue weighted by Gasteiger charge is -2.31. The number of hydrogen-bond acceptors (Lipinski definition) is 4. The standard InChI is InChI=1S/C10H14N2O4/c1-10(2,9(14)15)12(3)8(13)6-7-4-5-16-11-7/h4-5H,6H2,1-3H3,(H,14,15). The molecule has 0 aliphatic carbocycles. The lowest BCUT2D eigenvalue weighted by atomic mass is 10.0. The molecule has 1 amide bonds. The summed E-state index contributed by atoms with van der Waals surface area (Å²) >= 11 is 0. The number of aromatic nitrogens is 1. The molecule has 1 aromatic heterocycles. The first-order valence-corrected chi connectivity index (χ1v) is 4.75. The van der Waals surface area contributed by atoms with Gasteiger partial charge >= 0.3 is 5.97 Å². The van der Waals surface area contributed by atoms with Crippen molar-refractivity contribution in [3.05, 3.63) is 18.0 Å². The number of nitrogens with zero attached hydrogens (tertiary/aromatic N) is 2. The fourth-order valence-electron chi connectivity index (χ4n) is 1.06. The monoisotopic (exact) mass is 226 g/mol. The van der Waals surface area contributed by atoms with E-state index in [2.05, 4.69) is 9.68 Å². The third-order valence-corrected chi connectivity index (χ3v) is 2.56. The van der Waals surface area contributed by atoms with Gasteiger partial charge in [0.1, 0.15) is 11.8 Å². The number of likely N-dealkylation sites (N-methyl/N-ethyl adjacent to an activating group) is 1. The van der Waals surface area contributed by atoms with Crippen molar-refractivity contribution in [1.82, 2.24) is 10.1 Å². The molecule has 0 unspecified atom stereocenters. The largest absolute Gasteiger partial charge is 0.480 e. The van der Waals surface area contributed by atoms with E-state index in [4.69, 9.17) is 5.11 Å². The number of hydrogen-bond donors (Lipinski definition) is 1. The molecule has 0 aromatic carbocycles. The summed E-state index contributed by atoms with van der Waals surface area (Å²) in [5.41, 5.74) is -0.751. The minimum absolute atomic E-state index is 0.0315. The number of carbonyl (C=O) groups is 2. The number of carbonyl (C=O) groups excluding carboxylic acids is 1. The van der Waals surface area contributed by atoms with Gasteiger partial charge in [-0.3, -0.25) is 4.79 Å². The highest BCUT2D eigenvalue weighted by molar-refractivity contribution is 5.86. The molecule has 0 aliphatic heterocycles. The zero-order chi connectivity index (χ0) is 12.3. The molecule has 6 heteroatoms. The molecule has 1 N–H and O–H groups in total. The summed E-state index contributed by atoms with van der Waals surface area (Å²) in [6.45, 7) is 2.94. The van der Waals surface area contributed by atoms with E-state index in [1.54, 1.807) is 6.07 Å². The average molecular weight is 226 g/mol. The Bertz CT molecular complexity index is 384. The molecule has 1 rings (SSSR count). The fourth-order valence-corrected chi connectivity index (χ4v) is 1.06. The predicted octanol–water partition coefficient (Wildman–Crippen LogP) is 0.539. The van der Waals surface area contributed by atoms with Crippen LogP contribution in [0.2, 0.25) is 0 Å². The second-order valence-corrected chi connectivity index (χ2v) is 3.98. The van der Waals surface area contributed by atoms with E-state index in [0.29, 0.717) is 5.69 Å². The van der Waals surface area contributed by atoms with Crippen molar-refractivity contribution in [3.8, 4) is 0 Å². The lowest BCUT2D eigenvalue weighted by molar-refractivity contribution is -0.155. The summed E-state index contributed by atoms with van der Waals surface area (Å²) in [5, 5.41) is 12.6. The summed E-state index contributed by atoms with van der Waals surface area (Å²) in [7, 11) is 1.45. The highest BCUT2D eigenvalue weighted by Gasteiger charge is 2.35. The number of carboxylic acids is 1. The lowest BCUT2D eigenvalue weighted by Crippen LogP contribution is -2.51. The molecule has 0 radical (unpaired) electrons. The van der Waals surface area contributed by atoms with Crippen molar-refractivity contribution in [3.63, 3.8) is 0 Å². The summed E-state index contributed by atoms with van der Waals surface area (Å²) in [6.07, 6.45) is 1.40. The molecule has 0 bridgehead atoms. The van der Waals surface area contributed by atoms with E-state index >= 15 is 0 Å². The molecule has 16 heavy (non-hydrogen) atoms. The second-order valence-electron chi connectivity index (χ2n) is 3.98. The van der Waals surface area contributed by atoms with Crippen LogP contribution >= 0.6 is 0 Å². The highest BCUT2D eigenvalue weighted by Crippen LogP contribution is 2.14. The zero-order valence-corrected chi connectivity index (χ0v) is 9.43. The van der Waals surface area contributed by atoms with Gasteiger partial charge in [-0.15, -0.1) is 0 Å². The topological polar surface area (TPSA) is 83.6 Å². The van der Waals surface area contributed by atoms with E-state index < -0.39 is 11.5 Å². The Labute approximate surface area is 92.8 Å². The Balaban J connectivity index is 2.71. The maximum atomic E-state index is 11.7. The van der Waals surface area contributed by atoms with Crippen molar-refractivity contribution < 1.29 is 19.2 Å². The predicted molar refractivity (Wildman–Crippen MR) is 54.7 cm³/mol. The summed E-state index contributed by atoms with van der Waals surface area (Å²) in [6, 6.07) is 1.57. The minimum atomic E-state index is -1.24. The molecule has 0 aliphatic rings. The average Bonchev–Trinajstić information content (AvgIpc) is 2.68. The van der Waals surface area contributed by atoms with Crippen LogP contribution in [0.3, 0.4) is 0 Å².